The molecule has 0 spiro atoms. The molecule has 0 fully saturated rings. The minimum Gasteiger partial charge on any atom is -0.493 e. The molecule has 6 heteroatoms. The van der Waals surface area contributed by atoms with Crippen LogP contribution >= 0.6 is 0 Å². The first-order valence-electron chi connectivity index (χ1n) is 10.5. The van der Waals surface area contributed by atoms with Crippen LogP contribution in [0.1, 0.15) is 35.4 Å². The zero-order valence-electron chi connectivity index (χ0n) is 18.0. The van der Waals surface area contributed by atoms with E-state index in [1.165, 1.54) is 5.56 Å². The van der Waals surface area contributed by atoms with Gasteiger partial charge in [-0.15, -0.1) is 0 Å². The minimum atomic E-state index is 0.0247. The molecule has 2 aromatic carbocycles. The number of nitrogens with zero attached hydrogens (tertiary/aromatic N) is 4. The Morgan fingerprint density at radius 1 is 1.06 bits per heavy atom. The molecule has 0 aliphatic carbocycles. The molecule has 0 amide bonds. The third-order valence-corrected chi connectivity index (χ3v) is 5.91. The van der Waals surface area contributed by atoms with Crippen LogP contribution in [0, 0.1) is 6.92 Å². The fraction of sp³-hybridized carbons (Fsp3) is 0.240. The van der Waals surface area contributed by atoms with E-state index in [9.17, 15) is 0 Å². The molecule has 0 saturated heterocycles. The largest absolute Gasteiger partial charge is 0.493 e. The summed E-state index contributed by atoms with van der Waals surface area (Å²) in [6, 6.07) is 14.8. The molecule has 1 unspecified atom stereocenters. The van der Waals surface area contributed by atoms with Crippen molar-refractivity contribution in [2.75, 3.05) is 12.3 Å². The summed E-state index contributed by atoms with van der Waals surface area (Å²) in [5.74, 6) is 2.18. The van der Waals surface area contributed by atoms with E-state index in [-0.39, 0.29) is 5.92 Å². The second-order valence-corrected chi connectivity index (χ2v) is 8.09. The van der Waals surface area contributed by atoms with Gasteiger partial charge in [-0.05, 0) is 41.8 Å². The maximum absolute atomic E-state index is 6.47. The highest BCUT2D eigenvalue weighted by molar-refractivity contribution is 5.72. The highest BCUT2D eigenvalue weighted by Crippen LogP contribution is 2.38. The standard InChI is InChI=1S/C25H25N5O/c1-15(17-5-4-6-18(11-17)21-13-27-30(3)14-21)23-24(28-16(2)29-25(23)26)20-7-8-22-19(12-20)9-10-31-22/h4-8,11-15H,9-10H2,1-3H3,(H2,26,28,29). The third kappa shape index (κ3) is 3.54. The van der Waals surface area contributed by atoms with Crippen LogP contribution in [0.5, 0.6) is 5.75 Å². The Morgan fingerprint density at radius 2 is 1.94 bits per heavy atom. The Hall–Kier alpha value is -3.67. The molecule has 1 aliphatic rings. The molecule has 3 heterocycles. The Bertz CT molecular complexity index is 1280. The van der Waals surface area contributed by atoms with Gasteiger partial charge in [0.1, 0.15) is 17.4 Å². The van der Waals surface area contributed by atoms with Gasteiger partial charge in [0.15, 0.2) is 0 Å². The number of ether oxygens (including phenoxy) is 1. The number of nitrogens with two attached hydrogens (primary N) is 1. The summed E-state index contributed by atoms with van der Waals surface area (Å²) < 4.78 is 7.49. The van der Waals surface area contributed by atoms with E-state index in [0.29, 0.717) is 11.6 Å². The number of benzene rings is 2. The molecule has 5 rings (SSSR count). The number of anilines is 1. The molecule has 0 saturated carbocycles. The van der Waals surface area contributed by atoms with Gasteiger partial charge in [-0.3, -0.25) is 4.68 Å². The number of aromatic nitrogens is 4. The third-order valence-electron chi connectivity index (χ3n) is 5.91. The number of hydrogen-bond donors (Lipinski definition) is 1. The van der Waals surface area contributed by atoms with Gasteiger partial charge >= 0.3 is 0 Å². The van der Waals surface area contributed by atoms with Crippen LogP contribution in [-0.2, 0) is 13.5 Å². The second-order valence-electron chi connectivity index (χ2n) is 8.09. The van der Waals surface area contributed by atoms with Gasteiger partial charge in [-0.2, -0.15) is 5.10 Å². The fourth-order valence-corrected chi connectivity index (χ4v) is 4.31. The highest BCUT2D eigenvalue weighted by Gasteiger charge is 2.22. The van der Waals surface area contributed by atoms with Crippen molar-refractivity contribution >= 4 is 5.82 Å². The van der Waals surface area contributed by atoms with Gasteiger partial charge in [0.05, 0.1) is 18.5 Å². The monoisotopic (exact) mass is 411 g/mol. The number of nitrogen functional groups attached to an aromatic ring is 1. The summed E-state index contributed by atoms with van der Waals surface area (Å²) in [5.41, 5.74) is 13.9. The lowest BCUT2D eigenvalue weighted by Crippen LogP contribution is -2.09. The molecule has 4 aromatic rings. The smallest absolute Gasteiger partial charge is 0.131 e. The summed E-state index contributed by atoms with van der Waals surface area (Å²) in [7, 11) is 1.92. The van der Waals surface area contributed by atoms with E-state index in [1.807, 2.05) is 37.1 Å². The van der Waals surface area contributed by atoms with E-state index >= 15 is 0 Å². The normalized spacial score (nSPS) is 13.6. The van der Waals surface area contributed by atoms with Crippen LogP contribution in [-0.4, -0.2) is 26.4 Å². The second kappa shape index (κ2) is 7.54. The first kappa shape index (κ1) is 19.3. The molecule has 156 valence electrons. The van der Waals surface area contributed by atoms with Gasteiger partial charge in [0.25, 0.3) is 0 Å². The van der Waals surface area contributed by atoms with Crippen molar-refractivity contribution in [3.8, 4) is 28.1 Å². The highest BCUT2D eigenvalue weighted by atomic mass is 16.5. The van der Waals surface area contributed by atoms with Crippen LogP contribution in [0.2, 0.25) is 0 Å². The Balaban J connectivity index is 1.60. The predicted molar refractivity (Wildman–Crippen MR) is 122 cm³/mol. The first-order valence-corrected chi connectivity index (χ1v) is 10.5. The SMILES string of the molecule is Cc1nc(N)c(C(C)c2cccc(-c3cnn(C)c3)c2)c(-c2ccc3c(c2)CCO3)n1. The summed E-state index contributed by atoms with van der Waals surface area (Å²) >= 11 is 0. The summed E-state index contributed by atoms with van der Waals surface area (Å²) in [4.78, 5) is 9.31. The van der Waals surface area contributed by atoms with Gasteiger partial charge in [0, 0.05) is 42.3 Å². The van der Waals surface area contributed by atoms with E-state index in [1.54, 1.807) is 0 Å². The van der Waals surface area contributed by atoms with Crippen LogP contribution in [0.4, 0.5) is 5.82 Å². The summed E-state index contributed by atoms with van der Waals surface area (Å²) in [5, 5.41) is 4.30. The molecule has 2 aromatic heterocycles. The number of hydrogen-bond acceptors (Lipinski definition) is 5. The van der Waals surface area contributed by atoms with Gasteiger partial charge in [0.2, 0.25) is 0 Å². The van der Waals surface area contributed by atoms with Crippen LogP contribution in [0.15, 0.2) is 54.9 Å². The van der Waals surface area contributed by atoms with Crippen molar-refractivity contribution in [2.45, 2.75) is 26.2 Å². The van der Waals surface area contributed by atoms with Gasteiger partial charge in [-0.25, -0.2) is 9.97 Å². The van der Waals surface area contributed by atoms with Crippen LogP contribution in [0.3, 0.4) is 0 Å². The number of fused-ring (bicyclic) bond motifs is 1. The lowest BCUT2D eigenvalue weighted by Gasteiger charge is -2.19. The van der Waals surface area contributed by atoms with Crippen molar-refractivity contribution in [1.29, 1.82) is 0 Å². The quantitative estimate of drug-likeness (QED) is 0.534. The predicted octanol–water partition coefficient (Wildman–Crippen LogP) is 4.52. The Labute approximate surface area is 181 Å². The molecular weight excluding hydrogens is 386 g/mol. The van der Waals surface area contributed by atoms with E-state index in [2.05, 4.69) is 53.4 Å². The van der Waals surface area contributed by atoms with Crippen molar-refractivity contribution in [3.63, 3.8) is 0 Å². The zero-order valence-corrected chi connectivity index (χ0v) is 18.0. The van der Waals surface area contributed by atoms with E-state index < -0.39 is 0 Å². The van der Waals surface area contributed by atoms with Crippen molar-refractivity contribution in [3.05, 3.63) is 77.4 Å². The fourth-order valence-electron chi connectivity index (χ4n) is 4.31. The number of rotatable bonds is 4. The average molecular weight is 412 g/mol. The first-order chi connectivity index (χ1) is 15.0. The molecular formula is C25H25N5O. The molecule has 6 nitrogen and oxygen atoms in total. The van der Waals surface area contributed by atoms with Crippen molar-refractivity contribution in [1.82, 2.24) is 19.7 Å². The molecule has 2 N–H and O–H groups in total. The van der Waals surface area contributed by atoms with Crippen LogP contribution < -0.4 is 10.5 Å². The zero-order chi connectivity index (χ0) is 21.5. The molecule has 31 heavy (non-hydrogen) atoms. The lowest BCUT2D eigenvalue weighted by atomic mass is 9.88. The van der Waals surface area contributed by atoms with Crippen molar-refractivity contribution < 1.29 is 4.74 Å². The topological polar surface area (TPSA) is 78.8 Å². The maximum Gasteiger partial charge on any atom is 0.131 e. The minimum absolute atomic E-state index is 0.0247. The van der Waals surface area contributed by atoms with Gasteiger partial charge < -0.3 is 10.5 Å². The maximum atomic E-state index is 6.47. The molecule has 1 aliphatic heterocycles. The number of aryl methyl sites for hydroxylation is 2. The molecule has 0 bridgehead atoms. The van der Waals surface area contributed by atoms with Crippen LogP contribution in [0.25, 0.3) is 22.4 Å². The summed E-state index contributed by atoms with van der Waals surface area (Å²) in [6.07, 6.45) is 4.82. The van der Waals surface area contributed by atoms with E-state index in [4.69, 9.17) is 15.5 Å². The van der Waals surface area contributed by atoms with Crippen molar-refractivity contribution in [2.24, 2.45) is 7.05 Å². The molecule has 1 atom stereocenters. The van der Waals surface area contributed by atoms with E-state index in [0.717, 1.165) is 52.3 Å². The summed E-state index contributed by atoms with van der Waals surface area (Å²) in [6.45, 7) is 4.77. The Morgan fingerprint density at radius 3 is 2.74 bits per heavy atom. The van der Waals surface area contributed by atoms with Gasteiger partial charge in [-0.1, -0.05) is 31.2 Å². The Kier molecular flexibility index (Phi) is 4.70. The average Bonchev–Trinajstić information content (AvgIpc) is 3.41. The lowest BCUT2D eigenvalue weighted by molar-refractivity contribution is 0.357. The molecule has 0 radical (unpaired) electrons.